The van der Waals surface area contributed by atoms with Gasteiger partial charge in [0.2, 0.25) is 11.8 Å². The maximum atomic E-state index is 13.8. The van der Waals surface area contributed by atoms with Crippen LogP contribution in [0.15, 0.2) is 24.3 Å². The van der Waals surface area contributed by atoms with Crippen molar-refractivity contribution in [2.24, 2.45) is 29.1 Å². The summed E-state index contributed by atoms with van der Waals surface area (Å²) in [6.45, 7) is 4.00. The van der Waals surface area contributed by atoms with Gasteiger partial charge in [0, 0.05) is 17.5 Å². The van der Waals surface area contributed by atoms with Crippen LogP contribution in [0, 0.1) is 34.9 Å². The maximum absolute atomic E-state index is 13.8. The molecule has 4 bridgehead atoms. The lowest BCUT2D eigenvalue weighted by Gasteiger charge is -2.55. The maximum Gasteiger partial charge on any atom is 0.243 e. The lowest BCUT2D eigenvalue weighted by atomic mass is 9.49. The van der Waals surface area contributed by atoms with E-state index in [1.807, 2.05) is 13.8 Å². The van der Waals surface area contributed by atoms with Crippen LogP contribution in [0.3, 0.4) is 0 Å². The number of halogens is 1. The molecule has 2 N–H and O–H groups in total. The Labute approximate surface area is 166 Å². The molecule has 2 amide bonds. The van der Waals surface area contributed by atoms with Crippen molar-refractivity contribution in [2.45, 2.75) is 65.0 Å². The minimum absolute atomic E-state index is 0.0292. The van der Waals surface area contributed by atoms with Gasteiger partial charge in [0.05, 0.1) is 0 Å². The third kappa shape index (κ3) is 3.68. The van der Waals surface area contributed by atoms with Crippen molar-refractivity contribution >= 4 is 11.8 Å². The molecule has 0 aliphatic heterocycles. The van der Waals surface area contributed by atoms with E-state index in [2.05, 4.69) is 10.6 Å². The van der Waals surface area contributed by atoms with E-state index in [-0.39, 0.29) is 35.5 Å². The fraction of sp³-hybridized carbons (Fsp3) is 0.652. The van der Waals surface area contributed by atoms with E-state index in [0.29, 0.717) is 23.3 Å². The Balaban J connectivity index is 1.41. The lowest BCUT2D eigenvalue weighted by Crippen LogP contribution is -2.58. The molecule has 1 aromatic rings. The van der Waals surface area contributed by atoms with E-state index in [1.54, 1.807) is 18.2 Å². The molecule has 4 aliphatic rings. The van der Waals surface area contributed by atoms with Gasteiger partial charge < -0.3 is 10.6 Å². The number of rotatable bonds is 6. The standard InChI is InChI=1S/C23H31FN2O2/c1-14(2)20(21(27)25-13-18-5-3-4-6-19(18)24)26-22(28)23-10-15-7-16(11-23)9-17(8-15)12-23/h3-6,14-17,20H,7-13H2,1-2H3,(H,25,27)(H,26,28)/t15?,16?,17?,20-,23?/m1/s1. The molecule has 152 valence electrons. The third-order valence-electron chi connectivity index (χ3n) is 7.17. The van der Waals surface area contributed by atoms with Crippen LogP contribution < -0.4 is 10.6 Å². The molecule has 4 saturated carbocycles. The Morgan fingerprint density at radius 2 is 1.64 bits per heavy atom. The van der Waals surface area contributed by atoms with Crippen molar-refractivity contribution < 1.29 is 14.0 Å². The first kappa shape index (κ1) is 19.4. The molecule has 0 heterocycles. The monoisotopic (exact) mass is 386 g/mol. The number of nitrogens with one attached hydrogen (secondary N) is 2. The van der Waals surface area contributed by atoms with Crippen molar-refractivity contribution in [3.8, 4) is 0 Å². The van der Waals surface area contributed by atoms with Gasteiger partial charge in [-0.1, -0.05) is 32.0 Å². The summed E-state index contributed by atoms with van der Waals surface area (Å²) in [6.07, 6.45) is 6.78. The largest absolute Gasteiger partial charge is 0.350 e. The first-order valence-corrected chi connectivity index (χ1v) is 10.7. The number of benzene rings is 1. The molecule has 0 radical (unpaired) electrons. The number of carbonyl (C=O) groups is 2. The van der Waals surface area contributed by atoms with Gasteiger partial charge in [-0.2, -0.15) is 0 Å². The predicted molar refractivity (Wildman–Crippen MR) is 106 cm³/mol. The molecule has 0 spiro atoms. The van der Waals surface area contributed by atoms with E-state index in [4.69, 9.17) is 0 Å². The average molecular weight is 387 g/mol. The molecule has 4 fully saturated rings. The van der Waals surface area contributed by atoms with Gasteiger partial charge in [-0.15, -0.1) is 0 Å². The number of amides is 2. The molecule has 4 nitrogen and oxygen atoms in total. The number of hydrogen-bond acceptors (Lipinski definition) is 2. The molecule has 28 heavy (non-hydrogen) atoms. The number of hydrogen-bond donors (Lipinski definition) is 2. The van der Waals surface area contributed by atoms with E-state index in [9.17, 15) is 14.0 Å². The highest BCUT2D eigenvalue weighted by molar-refractivity contribution is 5.90. The van der Waals surface area contributed by atoms with Crippen molar-refractivity contribution in [2.75, 3.05) is 0 Å². The summed E-state index contributed by atoms with van der Waals surface area (Å²) in [6, 6.07) is 5.83. The third-order valence-corrected chi connectivity index (χ3v) is 7.17. The topological polar surface area (TPSA) is 58.2 Å². The summed E-state index contributed by atoms with van der Waals surface area (Å²) >= 11 is 0. The SMILES string of the molecule is CC(C)[C@@H](NC(=O)C12CC3CC(CC(C3)C1)C2)C(=O)NCc1ccccc1F. The Hall–Kier alpha value is -1.91. The Morgan fingerprint density at radius 1 is 1.07 bits per heavy atom. The Kier molecular flexibility index (Phi) is 5.19. The highest BCUT2D eigenvalue weighted by Crippen LogP contribution is 2.60. The van der Waals surface area contributed by atoms with Crippen LogP contribution in [0.2, 0.25) is 0 Å². The molecule has 4 aliphatic carbocycles. The molecule has 1 aromatic carbocycles. The van der Waals surface area contributed by atoms with Crippen molar-refractivity contribution in [3.63, 3.8) is 0 Å². The average Bonchev–Trinajstić information content (AvgIpc) is 2.63. The minimum atomic E-state index is -0.590. The quantitative estimate of drug-likeness (QED) is 0.781. The first-order valence-electron chi connectivity index (χ1n) is 10.7. The zero-order valence-corrected chi connectivity index (χ0v) is 16.8. The fourth-order valence-electron chi connectivity index (χ4n) is 6.15. The second-order valence-electron chi connectivity index (χ2n) is 9.70. The zero-order valence-electron chi connectivity index (χ0n) is 16.8. The predicted octanol–water partition coefficient (Wildman–Crippen LogP) is 3.80. The van der Waals surface area contributed by atoms with Gasteiger partial charge in [-0.25, -0.2) is 4.39 Å². The minimum Gasteiger partial charge on any atom is -0.350 e. The van der Waals surface area contributed by atoms with Crippen LogP contribution in [0.1, 0.15) is 57.9 Å². The van der Waals surface area contributed by atoms with Crippen LogP contribution in [0.4, 0.5) is 4.39 Å². The van der Waals surface area contributed by atoms with Gasteiger partial charge in [-0.3, -0.25) is 9.59 Å². The van der Waals surface area contributed by atoms with Crippen LogP contribution in [-0.4, -0.2) is 17.9 Å². The molecular formula is C23H31FN2O2. The highest BCUT2D eigenvalue weighted by Gasteiger charge is 2.55. The molecule has 0 unspecified atom stereocenters. The van der Waals surface area contributed by atoms with Gasteiger partial charge in [0.1, 0.15) is 11.9 Å². The summed E-state index contributed by atoms with van der Waals surface area (Å²) < 4.78 is 13.8. The molecule has 0 aromatic heterocycles. The highest BCUT2D eigenvalue weighted by atomic mass is 19.1. The van der Waals surface area contributed by atoms with E-state index < -0.39 is 6.04 Å². The van der Waals surface area contributed by atoms with Crippen molar-refractivity contribution in [1.29, 1.82) is 0 Å². The van der Waals surface area contributed by atoms with E-state index in [0.717, 1.165) is 19.3 Å². The summed E-state index contributed by atoms with van der Waals surface area (Å²) in [4.78, 5) is 26.1. The number of carbonyl (C=O) groups excluding carboxylic acids is 2. The smallest absolute Gasteiger partial charge is 0.243 e. The summed E-state index contributed by atoms with van der Waals surface area (Å²) in [5.41, 5.74) is 0.180. The second-order valence-corrected chi connectivity index (χ2v) is 9.70. The van der Waals surface area contributed by atoms with Crippen LogP contribution in [0.25, 0.3) is 0 Å². The van der Waals surface area contributed by atoms with Crippen molar-refractivity contribution in [3.05, 3.63) is 35.6 Å². The normalized spacial score (nSPS) is 31.6. The Bertz CT molecular complexity index is 725. The molecular weight excluding hydrogens is 355 g/mol. The van der Waals surface area contributed by atoms with Crippen LogP contribution in [0.5, 0.6) is 0 Å². The first-order chi connectivity index (χ1) is 13.4. The van der Waals surface area contributed by atoms with Gasteiger partial charge >= 0.3 is 0 Å². The van der Waals surface area contributed by atoms with Gasteiger partial charge in [0.15, 0.2) is 0 Å². The zero-order chi connectivity index (χ0) is 19.9. The molecule has 5 rings (SSSR count). The molecule has 5 heteroatoms. The molecule has 1 atom stereocenters. The fourth-order valence-corrected chi connectivity index (χ4v) is 6.15. The summed E-state index contributed by atoms with van der Waals surface area (Å²) in [7, 11) is 0. The molecule has 0 saturated heterocycles. The second kappa shape index (κ2) is 7.49. The summed E-state index contributed by atoms with van der Waals surface area (Å²) in [5, 5.41) is 5.89. The lowest BCUT2D eigenvalue weighted by molar-refractivity contribution is -0.149. The van der Waals surface area contributed by atoms with Crippen LogP contribution in [-0.2, 0) is 16.1 Å². The van der Waals surface area contributed by atoms with Gasteiger partial charge in [0.25, 0.3) is 0 Å². The van der Waals surface area contributed by atoms with Crippen LogP contribution >= 0.6 is 0 Å². The Morgan fingerprint density at radius 3 is 2.18 bits per heavy atom. The summed E-state index contributed by atoms with van der Waals surface area (Å²) in [5.74, 6) is 1.51. The van der Waals surface area contributed by atoms with Gasteiger partial charge in [-0.05, 0) is 68.3 Å². The van der Waals surface area contributed by atoms with E-state index >= 15 is 0 Å². The van der Waals surface area contributed by atoms with Crippen molar-refractivity contribution in [1.82, 2.24) is 10.6 Å². The van der Waals surface area contributed by atoms with E-state index in [1.165, 1.54) is 25.3 Å².